The third-order valence-corrected chi connectivity index (χ3v) is 3.40. The molecule has 3 rings (SSSR count). The van der Waals surface area contributed by atoms with Gasteiger partial charge in [-0.1, -0.05) is 12.1 Å². The predicted octanol–water partition coefficient (Wildman–Crippen LogP) is 2.35. The van der Waals surface area contributed by atoms with Gasteiger partial charge in [-0.05, 0) is 36.2 Å². The minimum absolute atomic E-state index is 0.0734. The third kappa shape index (κ3) is 3.49. The molecule has 8 heteroatoms. The Morgan fingerprint density at radius 2 is 2.04 bits per heavy atom. The van der Waals surface area contributed by atoms with Crippen LogP contribution < -0.4 is 5.32 Å². The van der Waals surface area contributed by atoms with E-state index in [1.807, 2.05) is 36.5 Å². The van der Waals surface area contributed by atoms with Crippen LogP contribution in [0, 0.1) is 10.1 Å². The van der Waals surface area contributed by atoms with E-state index in [2.05, 4.69) is 10.4 Å². The van der Waals surface area contributed by atoms with E-state index in [9.17, 15) is 14.9 Å². The number of carbonyl (C=O) groups is 1. The van der Waals surface area contributed by atoms with Crippen LogP contribution in [0.1, 0.15) is 16.1 Å². The van der Waals surface area contributed by atoms with E-state index < -0.39 is 16.7 Å². The van der Waals surface area contributed by atoms with Crippen LogP contribution in [0.4, 0.5) is 5.88 Å². The highest BCUT2D eigenvalue weighted by atomic mass is 16.6. The maximum atomic E-state index is 11.8. The molecule has 1 amide bonds. The number of rotatable bonds is 6. The molecule has 0 aliphatic carbocycles. The predicted molar refractivity (Wildman–Crippen MR) is 85.0 cm³/mol. The lowest BCUT2D eigenvalue weighted by Crippen LogP contribution is -2.25. The number of carbonyl (C=O) groups excluding carboxylic acids is 1. The van der Waals surface area contributed by atoms with Crippen molar-refractivity contribution in [3.8, 4) is 5.69 Å². The first-order chi connectivity index (χ1) is 11.6. The fraction of sp³-hybridized carbons (Fsp3) is 0.125. The quantitative estimate of drug-likeness (QED) is 0.553. The molecule has 8 nitrogen and oxygen atoms in total. The maximum absolute atomic E-state index is 11.8. The molecule has 0 radical (unpaired) electrons. The Bertz CT molecular complexity index is 837. The van der Waals surface area contributed by atoms with Crippen LogP contribution in [0.15, 0.2) is 59.3 Å². The highest BCUT2D eigenvalue weighted by Gasteiger charge is 2.16. The average Bonchev–Trinajstić information content (AvgIpc) is 3.27. The summed E-state index contributed by atoms with van der Waals surface area (Å²) in [6, 6.07) is 12.1. The zero-order valence-electron chi connectivity index (χ0n) is 12.6. The van der Waals surface area contributed by atoms with Gasteiger partial charge in [0.2, 0.25) is 0 Å². The lowest BCUT2D eigenvalue weighted by molar-refractivity contribution is -0.402. The van der Waals surface area contributed by atoms with Crippen LogP contribution in [0.3, 0.4) is 0 Å². The summed E-state index contributed by atoms with van der Waals surface area (Å²) in [5.74, 6) is -0.999. The number of hydrogen-bond donors (Lipinski definition) is 1. The van der Waals surface area contributed by atoms with Crippen LogP contribution in [0.25, 0.3) is 5.69 Å². The number of nitrogens with one attached hydrogen (secondary N) is 1. The number of amides is 1. The molecule has 3 aromatic rings. The summed E-state index contributed by atoms with van der Waals surface area (Å²) in [6.45, 7) is 0.397. The summed E-state index contributed by atoms with van der Waals surface area (Å²) < 4.78 is 6.61. The first-order valence-corrected chi connectivity index (χ1v) is 7.25. The first kappa shape index (κ1) is 15.5. The van der Waals surface area contributed by atoms with Crippen LogP contribution >= 0.6 is 0 Å². The number of hydrogen-bond acceptors (Lipinski definition) is 5. The molecule has 0 saturated carbocycles. The molecule has 0 atom stereocenters. The molecule has 122 valence electrons. The normalized spacial score (nSPS) is 10.5. The molecular weight excluding hydrogens is 312 g/mol. The van der Waals surface area contributed by atoms with E-state index in [4.69, 9.17) is 4.42 Å². The first-order valence-electron chi connectivity index (χ1n) is 7.25. The summed E-state index contributed by atoms with van der Waals surface area (Å²) in [5.41, 5.74) is 2.01. The monoisotopic (exact) mass is 326 g/mol. The Balaban J connectivity index is 1.52. The molecule has 0 bridgehead atoms. The van der Waals surface area contributed by atoms with E-state index in [1.54, 1.807) is 10.9 Å². The largest absolute Gasteiger partial charge is 0.433 e. The molecule has 0 unspecified atom stereocenters. The molecule has 1 N–H and O–H groups in total. The Kier molecular flexibility index (Phi) is 4.37. The highest BCUT2D eigenvalue weighted by molar-refractivity contribution is 5.91. The van der Waals surface area contributed by atoms with Gasteiger partial charge in [0.25, 0.3) is 5.91 Å². The van der Waals surface area contributed by atoms with Gasteiger partial charge in [0.05, 0.1) is 11.8 Å². The maximum Gasteiger partial charge on any atom is 0.433 e. The van der Waals surface area contributed by atoms with Crippen LogP contribution in [-0.2, 0) is 6.42 Å². The van der Waals surface area contributed by atoms with Gasteiger partial charge < -0.3 is 9.73 Å². The van der Waals surface area contributed by atoms with Gasteiger partial charge in [0.1, 0.15) is 4.92 Å². The molecule has 0 aliphatic heterocycles. The Hall–Kier alpha value is -3.42. The minimum atomic E-state index is -0.683. The molecule has 1 aromatic carbocycles. The molecule has 24 heavy (non-hydrogen) atoms. The molecule has 0 aliphatic rings. The SMILES string of the molecule is O=C(NCCc1ccc(-n2cccn2)cc1)c1ccc([N+](=O)[O-])o1. The molecule has 0 spiro atoms. The lowest BCUT2D eigenvalue weighted by Gasteiger charge is -2.05. The van der Waals surface area contributed by atoms with E-state index in [0.717, 1.165) is 17.3 Å². The van der Waals surface area contributed by atoms with E-state index in [0.29, 0.717) is 13.0 Å². The fourth-order valence-corrected chi connectivity index (χ4v) is 2.19. The van der Waals surface area contributed by atoms with Crippen molar-refractivity contribution in [2.45, 2.75) is 6.42 Å². The number of benzene rings is 1. The van der Waals surface area contributed by atoms with E-state index in [1.165, 1.54) is 6.07 Å². The second kappa shape index (κ2) is 6.78. The van der Waals surface area contributed by atoms with Crippen molar-refractivity contribution >= 4 is 11.8 Å². The van der Waals surface area contributed by atoms with Gasteiger partial charge in [0.15, 0.2) is 5.76 Å². The van der Waals surface area contributed by atoms with Crippen LogP contribution in [0.5, 0.6) is 0 Å². The smallest absolute Gasteiger partial charge is 0.395 e. The molecular formula is C16H14N4O4. The van der Waals surface area contributed by atoms with Gasteiger partial charge in [-0.2, -0.15) is 5.10 Å². The van der Waals surface area contributed by atoms with Gasteiger partial charge in [-0.15, -0.1) is 0 Å². The highest BCUT2D eigenvalue weighted by Crippen LogP contribution is 2.15. The third-order valence-electron chi connectivity index (χ3n) is 3.40. The van der Waals surface area contributed by atoms with Crippen molar-refractivity contribution in [2.24, 2.45) is 0 Å². The van der Waals surface area contributed by atoms with Crippen LogP contribution in [0.2, 0.25) is 0 Å². The van der Waals surface area contributed by atoms with Gasteiger partial charge >= 0.3 is 5.88 Å². The zero-order chi connectivity index (χ0) is 16.9. The van der Waals surface area contributed by atoms with Crippen molar-refractivity contribution in [3.63, 3.8) is 0 Å². The van der Waals surface area contributed by atoms with Crippen LogP contribution in [-0.4, -0.2) is 27.2 Å². The lowest BCUT2D eigenvalue weighted by atomic mass is 10.1. The summed E-state index contributed by atoms with van der Waals surface area (Å²) >= 11 is 0. The number of nitrogens with zero attached hydrogens (tertiary/aromatic N) is 3. The number of nitro groups is 1. The molecule has 0 saturated heterocycles. The topological polar surface area (TPSA) is 103 Å². The Morgan fingerprint density at radius 3 is 2.67 bits per heavy atom. The van der Waals surface area contributed by atoms with Crippen molar-refractivity contribution in [3.05, 3.63) is 76.3 Å². The molecule has 0 fully saturated rings. The van der Waals surface area contributed by atoms with Gasteiger partial charge in [-0.3, -0.25) is 14.9 Å². The van der Waals surface area contributed by atoms with Gasteiger partial charge in [-0.25, -0.2) is 4.68 Å². The summed E-state index contributed by atoms with van der Waals surface area (Å²) in [7, 11) is 0. The Labute approximate surface area is 136 Å². The zero-order valence-corrected chi connectivity index (χ0v) is 12.6. The number of furan rings is 1. The fourth-order valence-electron chi connectivity index (χ4n) is 2.19. The second-order valence-corrected chi connectivity index (χ2v) is 5.02. The van der Waals surface area contributed by atoms with Crippen molar-refractivity contribution in [1.29, 1.82) is 0 Å². The minimum Gasteiger partial charge on any atom is -0.395 e. The van der Waals surface area contributed by atoms with Gasteiger partial charge in [0, 0.05) is 18.9 Å². The summed E-state index contributed by atoms with van der Waals surface area (Å²) in [6.07, 6.45) is 4.20. The molecule has 2 aromatic heterocycles. The standard InChI is InChI=1S/C16H14N4O4/c21-16(14-6-7-15(24-14)20(22)23)17-10-8-12-2-4-13(5-3-12)19-11-1-9-18-19/h1-7,9,11H,8,10H2,(H,17,21). The van der Waals surface area contributed by atoms with Crippen molar-refractivity contribution in [2.75, 3.05) is 6.54 Å². The molecule has 2 heterocycles. The Morgan fingerprint density at radius 1 is 1.25 bits per heavy atom. The summed E-state index contributed by atoms with van der Waals surface area (Å²) in [5, 5.41) is 17.3. The second-order valence-electron chi connectivity index (χ2n) is 5.02. The van der Waals surface area contributed by atoms with E-state index in [-0.39, 0.29) is 5.76 Å². The van der Waals surface area contributed by atoms with Crippen molar-refractivity contribution < 1.29 is 14.1 Å². The number of aromatic nitrogens is 2. The summed E-state index contributed by atoms with van der Waals surface area (Å²) in [4.78, 5) is 21.7. The average molecular weight is 326 g/mol. The van der Waals surface area contributed by atoms with Crippen molar-refractivity contribution in [1.82, 2.24) is 15.1 Å². The van der Waals surface area contributed by atoms with E-state index >= 15 is 0 Å².